The fourth-order valence-electron chi connectivity index (χ4n) is 3.37. The monoisotopic (exact) mass is 479 g/mol. The van der Waals surface area contributed by atoms with E-state index in [9.17, 15) is 4.79 Å². The Kier molecular flexibility index (Phi) is 7.41. The Balaban J connectivity index is 1.34. The highest BCUT2D eigenvalue weighted by Crippen LogP contribution is 2.26. The number of anilines is 1. The van der Waals surface area contributed by atoms with Crippen molar-refractivity contribution in [2.24, 2.45) is 0 Å². The quantitative estimate of drug-likeness (QED) is 0.326. The molecular weight excluding hydrogens is 454 g/mol. The molecule has 1 amide bonds. The highest BCUT2D eigenvalue weighted by Gasteiger charge is 2.15. The van der Waals surface area contributed by atoms with Gasteiger partial charge in [-0.1, -0.05) is 60.3 Å². The molecular formula is C24H25N5O2S2. The first-order valence-electron chi connectivity index (χ1n) is 10.6. The molecule has 7 nitrogen and oxygen atoms in total. The third kappa shape index (κ3) is 5.61. The van der Waals surface area contributed by atoms with Gasteiger partial charge in [0.25, 0.3) is 0 Å². The van der Waals surface area contributed by atoms with Crippen molar-refractivity contribution in [2.45, 2.75) is 39.1 Å². The molecule has 0 aliphatic heterocycles. The summed E-state index contributed by atoms with van der Waals surface area (Å²) in [4.78, 5) is 17.0. The minimum atomic E-state index is -0.132. The lowest BCUT2D eigenvalue weighted by molar-refractivity contribution is -0.113. The summed E-state index contributed by atoms with van der Waals surface area (Å²) in [6.45, 7) is 7.09. The smallest absolute Gasteiger partial charge is 0.236 e. The molecule has 4 aromatic rings. The predicted octanol–water partition coefficient (Wildman–Crippen LogP) is 5.35. The lowest BCUT2D eigenvalue weighted by Crippen LogP contribution is -2.14. The van der Waals surface area contributed by atoms with Crippen LogP contribution in [0.2, 0.25) is 0 Å². The van der Waals surface area contributed by atoms with E-state index in [4.69, 9.17) is 4.74 Å². The van der Waals surface area contributed by atoms with E-state index in [0.717, 1.165) is 34.0 Å². The third-order valence-corrected chi connectivity index (χ3v) is 6.74. The summed E-state index contributed by atoms with van der Waals surface area (Å²) in [5.41, 5.74) is 4.04. The molecule has 0 fully saturated rings. The van der Waals surface area contributed by atoms with Gasteiger partial charge in [-0.3, -0.25) is 4.79 Å². The lowest BCUT2D eigenvalue weighted by Gasteiger charge is -2.12. The molecule has 0 saturated carbocycles. The average Bonchev–Trinajstić information content (AvgIpc) is 3.44. The first-order valence-corrected chi connectivity index (χ1v) is 12.5. The summed E-state index contributed by atoms with van der Waals surface area (Å²) in [5.74, 6) is 1.69. The first kappa shape index (κ1) is 23.0. The van der Waals surface area contributed by atoms with Gasteiger partial charge in [-0.15, -0.1) is 21.5 Å². The second kappa shape index (κ2) is 10.6. The zero-order valence-corrected chi connectivity index (χ0v) is 20.4. The van der Waals surface area contributed by atoms with Crippen molar-refractivity contribution in [3.05, 3.63) is 70.9 Å². The predicted molar refractivity (Wildman–Crippen MR) is 133 cm³/mol. The molecule has 0 atom stereocenters. The van der Waals surface area contributed by atoms with Crippen molar-refractivity contribution in [3.63, 3.8) is 0 Å². The maximum absolute atomic E-state index is 12.5. The second-order valence-corrected chi connectivity index (χ2v) is 9.19. The molecule has 4 rings (SSSR count). The molecule has 2 heterocycles. The van der Waals surface area contributed by atoms with Gasteiger partial charge in [-0.2, -0.15) is 0 Å². The molecule has 0 unspecified atom stereocenters. The van der Waals surface area contributed by atoms with E-state index in [1.165, 1.54) is 23.1 Å². The van der Waals surface area contributed by atoms with Crippen LogP contribution in [-0.2, 0) is 17.9 Å². The van der Waals surface area contributed by atoms with Crippen molar-refractivity contribution in [1.82, 2.24) is 19.7 Å². The number of aromatic nitrogens is 4. The number of hydrogen-bond donors (Lipinski definition) is 1. The Morgan fingerprint density at radius 1 is 1.09 bits per heavy atom. The number of amides is 1. The average molecular weight is 480 g/mol. The van der Waals surface area contributed by atoms with Gasteiger partial charge >= 0.3 is 0 Å². The number of carbonyl (C=O) groups excluding carboxylic acids is 1. The molecule has 2 aromatic heterocycles. The van der Waals surface area contributed by atoms with Crippen LogP contribution in [0.5, 0.6) is 5.75 Å². The lowest BCUT2D eigenvalue weighted by atomic mass is 10.1. The summed E-state index contributed by atoms with van der Waals surface area (Å²) in [6.07, 6.45) is 0. The standard InChI is InChI=1S/C24H25N5O2S2/c1-4-29-20(13-31-22-16(2)9-8-10-17(22)3)27-28-24(29)33-15-21(30)26-23-25-19(14-32-23)18-11-6-5-7-12-18/h5-12,14H,4,13,15H2,1-3H3,(H,25,26,30). The van der Waals surface area contributed by atoms with Crippen LogP contribution < -0.4 is 10.1 Å². The number of nitrogens with zero attached hydrogens (tertiary/aromatic N) is 4. The van der Waals surface area contributed by atoms with Crippen LogP contribution >= 0.6 is 23.1 Å². The largest absolute Gasteiger partial charge is 0.485 e. The second-order valence-electron chi connectivity index (χ2n) is 7.39. The third-order valence-electron chi connectivity index (χ3n) is 5.02. The number of aryl methyl sites for hydroxylation is 2. The summed E-state index contributed by atoms with van der Waals surface area (Å²) in [7, 11) is 0. The fraction of sp³-hybridized carbons (Fsp3) is 0.250. The number of para-hydroxylation sites is 1. The number of hydrogen-bond acceptors (Lipinski definition) is 7. The van der Waals surface area contributed by atoms with Gasteiger partial charge in [-0.25, -0.2) is 4.98 Å². The fourth-order valence-corrected chi connectivity index (χ4v) is 4.93. The normalized spacial score (nSPS) is 10.9. The Bertz CT molecular complexity index is 1220. The minimum Gasteiger partial charge on any atom is -0.485 e. The van der Waals surface area contributed by atoms with Crippen molar-refractivity contribution in [1.29, 1.82) is 0 Å². The zero-order chi connectivity index (χ0) is 23.2. The van der Waals surface area contributed by atoms with Crippen molar-refractivity contribution >= 4 is 34.1 Å². The van der Waals surface area contributed by atoms with Crippen molar-refractivity contribution in [2.75, 3.05) is 11.1 Å². The Hall–Kier alpha value is -3.17. The molecule has 170 valence electrons. The van der Waals surface area contributed by atoms with Crippen LogP contribution in [0.4, 0.5) is 5.13 Å². The highest BCUT2D eigenvalue weighted by molar-refractivity contribution is 7.99. The summed E-state index contributed by atoms with van der Waals surface area (Å²) >= 11 is 2.76. The van der Waals surface area contributed by atoms with Crippen LogP contribution in [0.1, 0.15) is 23.9 Å². The summed E-state index contributed by atoms with van der Waals surface area (Å²) < 4.78 is 8.01. The number of carbonyl (C=O) groups is 1. The number of thiazole rings is 1. The Morgan fingerprint density at radius 2 is 1.85 bits per heavy atom. The summed E-state index contributed by atoms with van der Waals surface area (Å²) in [5, 5.41) is 14.6. The Labute approximate surface area is 201 Å². The SMILES string of the molecule is CCn1c(COc2c(C)cccc2C)nnc1SCC(=O)Nc1nc(-c2ccccc2)cs1. The topological polar surface area (TPSA) is 81.9 Å². The molecule has 0 bridgehead atoms. The number of thioether (sulfide) groups is 1. The van der Waals surface area contributed by atoms with Crippen LogP contribution in [0.15, 0.2) is 59.1 Å². The molecule has 0 spiro atoms. The van der Waals surface area contributed by atoms with E-state index in [1.807, 2.05) is 79.2 Å². The van der Waals surface area contributed by atoms with Gasteiger partial charge in [0.15, 0.2) is 16.1 Å². The van der Waals surface area contributed by atoms with Crippen LogP contribution in [0.25, 0.3) is 11.3 Å². The van der Waals surface area contributed by atoms with Crippen LogP contribution in [0.3, 0.4) is 0 Å². The van der Waals surface area contributed by atoms with Crippen molar-refractivity contribution < 1.29 is 9.53 Å². The van der Waals surface area contributed by atoms with E-state index in [0.29, 0.717) is 23.4 Å². The van der Waals surface area contributed by atoms with Crippen LogP contribution in [0, 0.1) is 13.8 Å². The Morgan fingerprint density at radius 3 is 2.58 bits per heavy atom. The molecule has 0 saturated heterocycles. The van der Waals surface area contributed by atoms with Gasteiger partial charge in [0.2, 0.25) is 5.91 Å². The number of nitrogens with one attached hydrogen (secondary N) is 1. The van der Waals surface area contributed by atoms with Gasteiger partial charge in [0.05, 0.1) is 11.4 Å². The summed E-state index contributed by atoms with van der Waals surface area (Å²) in [6, 6.07) is 16.0. The van der Waals surface area contributed by atoms with E-state index in [2.05, 4.69) is 20.5 Å². The van der Waals surface area contributed by atoms with Gasteiger partial charge in [0, 0.05) is 17.5 Å². The molecule has 0 aliphatic carbocycles. The zero-order valence-electron chi connectivity index (χ0n) is 18.7. The van der Waals surface area contributed by atoms with Gasteiger partial charge in [0.1, 0.15) is 12.4 Å². The highest BCUT2D eigenvalue weighted by atomic mass is 32.2. The molecule has 1 N–H and O–H groups in total. The van der Waals surface area contributed by atoms with E-state index in [-0.39, 0.29) is 11.7 Å². The minimum absolute atomic E-state index is 0.132. The van der Waals surface area contributed by atoms with Gasteiger partial charge < -0.3 is 14.6 Å². The maximum atomic E-state index is 12.5. The molecule has 0 aliphatic rings. The number of benzene rings is 2. The molecule has 0 radical (unpaired) electrons. The molecule has 33 heavy (non-hydrogen) atoms. The van der Waals surface area contributed by atoms with E-state index in [1.54, 1.807) is 0 Å². The molecule has 9 heteroatoms. The molecule has 2 aromatic carbocycles. The van der Waals surface area contributed by atoms with Crippen LogP contribution in [-0.4, -0.2) is 31.4 Å². The van der Waals surface area contributed by atoms with Gasteiger partial charge in [-0.05, 0) is 31.9 Å². The van der Waals surface area contributed by atoms with E-state index < -0.39 is 0 Å². The first-order chi connectivity index (χ1) is 16.0. The maximum Gasteiger partial charge on any atom is 0.236 e. The number of rotatable bonds is 9. The van der Waals surface area contributed by atoms with Crippen molar-refractivity contribution in [3.8, 4) is 17.0 Å². The van der Waals surface area contributed by atoms with E-state index >= 15 is 0 Å². The number of ether oxygens (including phenoxy) is 1.